The lowest BCUT2D eigenvalue weighted by Crippen LogP contribution is -2.04. The number of hydrogen-bond acceptors (Lipinski definition) is 5. The lowest BCUT2D eigenvalue weighted by molar-refractivity contribution is 0.390. The molecule has 1 aliphatic carbocycles. The van der Waals surface area contributed by atoms with Gasteiger partial charge in [-0.25, -0.2) is 9.50 Å². The van der Waals surface area contributed by atoms with Crippen molar-refractivity contribution in [1.29, 1.82) is 0 Å². The molecule has 6 rings (SSSR count). The first-order valence-corrected chi connectivity index (χ1v) is 10.6. The van der Waals surface area contributed by atoms with Crippen molar-refractivity contribution in [3.05, 3.63) is 78.1 Å². The average molecular weight is 422 g/mol. The highest BCUT2D eigenvalue weighted by molar-refractivity contribution is 5.87. The first-order chi connectivity index (χ1) is 15.7. The van der Waals surface area contributed by atoms with Gasteiger partial charge in [0, 0.05) is 40.6 Å². The smallest absolute Gasteiger partial charge is 0.232 e. The van der Waals surface area contributed by atoms with Crippen molar-refractivity contribution in [2.45, 2.75) is 18.9 Å². The molecular weight excluding hydrogens is 400 g/mol. The third kappa shape index (κ3) is 2.90. The largest absolute Gasteiger partial charge is 0.480 e. The molecule has 3 aromatic heterocycles. The third-order valence-electron chi connectivity index (χ3n) is 6.17. The Morgan fingerprint density at radius 2 is 1.94 bits per heavy atom. The van der Waals surface area contributed by atoms with Crippen LogP contribution in [0.4, 0.5) is 0 Å². The van der Waals surface area contributed by atoms with Crippen LogP contribution in [0.3, 0.4) is 0 Å². The number of rotatable bonds is 4. The zero-order chi connectivity index (χ0) is 21.7. The van der Waals surface area contributed by atoms with E-state index in [0.29, 0.717) is 5.88 Å². The third-order valence-corrected chi connectivity index (χ3v) is 6.17. The van der Waals surface area contributed by atoms with E-state index < -0.39 is 0 Å². The van der Waals surface area contributed by atoms with Crippen molar-refractivity contribution in [2.75, 3.05) is 7.11 Å². The molecule has 0 amide bonds. The maximum absolute atomic E-state index is 6.27. The van der Waals surface area contributed by atoms with Gasteiger partial charge in [0.1, 0.15) is 5.69 Å². The Hall–Kier alpha value is -3.97. The fourth-order valence-electron chi connectivity index (χ4n) is 4.56. The molecule has 0 saturated heterocycles. The molecule has 32 heavy (non-hydrogen) atoms. The van der Waals surface area contributed by atoms with Crippen molar-refractivity contribution in [3.8, 4) is 39.5 Å². The molecule has 0 bridgehead atoms. The number of hydrogen-bond donors (Lipinski definition) is 2. The monoisotopic (exact) mass is 422 g/mol. The lowest BCUT2D eigenvalue weighted by Gasteiger charge is -2.09. The van der Waals surface area contributed by atoms with Crippen molar-refractivity contribution < 1.29 is 4.74 Å². The van der Waals surface area contributed by atoms with Crippen LogP contribution in [-0.4, -0.2) is 31.9 Å². The lowest BCUT2D eigenvalue weighted by atomic mass is 10.0. The molecule has 1 atom stereocenters. The maximum Gasteiger partial charge on any atom is 0.232 e. The van der Waals surface area contributed by atoms with Crippen LogP contribution in [-0.2, 0) is 6.42 Å². The molecule has 0 fully saturated rings. The molecule has 0 saturated carbocycles. The number of aryl methyl sites for hydroxylation is 1. The van der Waals surface area contributed by atoms with Gasteiger partial charge >= 0.3 is 0 Å². The SMILES string of the molecule is COc1cc(-c2cn[nH]c2)c2nc(-c3ccc4c(c3)CC[C@@H]4N)c(-c3ccccc3)n2n1. The van der Waals surface area contributed by atoms with Crippen LogP contribution in [0.5, 0.6) is 5.88 Å². The molecule has 7 heteroatoms. The summed E-state index contributed by atoms with van der Waals surface area (Å²) in [4.78, 5) is 5.11. The summed E-state index contributed by atoms with van der Waals surface area (Å²) in [6.07, 6.45) is 5.60. The van der Waals surface area contributed by atoms with E-state index in [4.69, 9.17) is 20.6 Å². The van der Waals surface area contributed by atoms with Crippen molar-refractivity contribution in [3.63, 3.8) is 0 Å². The van der Waals surface area contributed by atoms with Crippen LogP contribution in [0.15, 0.2) is 67.0 Å². The standard InChI is InChI=1S/C25H22N6O/c1-32-22-12-20(18-13-27-28-14-18)25-29-23(17-7-9-19-16(11-17)8-10-21(19)26)24(31(25)30-22)15-5-3-2-4-6-15/h2-7,9,11-14,21H,8,10,26H2,1H3,(H,27,28)/t21-/m0/s1. The second-order valence-corrected chi connectivity index (χ2v) is 8.06. The number of imidazole rings is 1. The number of nitrogens with two attached hydrogens (primary N) is 1. The van der Waals surface area contributed by atoms with E-state index in [1.165, 1.54) is 11.1 Å². The Labute approximate surface area is 184 Å². The minimum atomic E-state index is 0.118. The summed E-state index contributed by atoms with van der Waals surface area (Å²) in [7, 11) is 1.62. The molecule has 3 heterocycles. The van der Waals surface area contributed by atoms with E-state index in [0.717, 1.165) is 52.1 Å². The highest BCUT2D eigenvalue weighted by Crippen LogP contribution is 2.39. The minimum Gasteiger partial charge on any atom is -0.480 e. The second-order valence-electron chi connectivity index (χ2n) is 8.06. The number of fused-ring (bicyclic) bond motifs is 2. The van der Waals surface area contributed by atoms with E-state index in [-0.39, 0.29) is 6.04 Å². The van der Waals surface area contributed by atoms with Gasteiger partial charge in [-0.1, -0.05) is 42.5 Å². The molecule has 2 aromatic carbocycles. The van der Waals surface area contributed by atoms with Crippen LogP contribution in [0.25, 0.3) is 39.3 Å². The molecule has 0 unspecified atom stereocenters. The first-order valence-electron chi connectivity index (χ1n) is 10.6. The van der Waals surface area contributed by atoms with Crippen LogP contribution in [0.2, 0.25) is 0 Å². The topological polar surface area (TPSA) is 94.1 Å². The summed E-state index contributed by atoms with van der Waals surface area (Å²) < 4.78 is 7.41. The molecule has 158 valence electrons. The Morgan fingerprint density at radius 1 is 1.06 bits per heavy atom. The second kappa shape index (κ2) is 7.32. The molecule has 3 N–H and O–H groups in total. The fraction of sp³-hybridized carbons (Fsp3) is 0.160. The summed E-state index contributed by atoms with van der Waals surface area (Å²) in [5.74, 6) is 0.509. The number of aromatic nitrogens is 5. The average Bonchev–Trinajstić information content (AvgIpc) is 3.58. The maximum atomic E-state index is 6.27. The minimum absolute atomic E-state index is 0.118. The van der Waals surface area contributed by atoms with E-state index in [1.54, 1.807) is 13.3 Å². The van der Waals surface area contributed by atoms with Gasteiger partial charge in [0.25, 0.3) is 0 Å². The van der Waals surface area contributed by atoms with Crippen molar-refractivity contribution >= 4 is 5.65 Å². The van der Waals surface area contributed by atoms with Crippen LogP contribution in [0.1, 0.15) is 23.6 Å². The van der Waals surface area contributed by atoms with Gasteiger partial charge in [-0.3, -0.25) is 5.10 Å². The summed E-state index contributed by atoms with van der Waals surface area (Å²) in [6, 6.07) is 18.7. The van der Waals surface area contributed by atoms with Gasteiger partial charge in [0.15, 0.2) is 5.65 Å². The number of aromatic amines is 1. The number of nitrogens with zero attached hydrogens (tertiary/aromatic N) is 4. The predicted octanol–water partition coefficient (Wildman–Crippen LogP) is 4.41. The molecular formula is C25H22N6O. The summed E-state index contributed by atoms with van der Waals surface area (Å²) in [5, 5.41) is 11.8. The van der Waals surface area contributed by atoms with Gasteiger partial charge in [0.05, 0.1) is 19.0 Å². The van der Waals surface area contributed by atoms with Gasteiger partial charge < -0.3 is 10.5 Å². The van der Waals surface area contributed by atoms with Gasteiger partial charge in [-0.05, 0) is 30.0 Å². The number of benzene rings is 2. The molecule has 1 aliphatic rings. The van der Waals surface area contributed by atoms with Gasteiger partial charge in [-0.2, -0.15) is 5.10 Å². The van der Waals surface area contributed by atoms with Crippen LogP contribution in [0, 0.1) is 0 Å². The van der Waals surface area contributed by atoms with E-state index in [1.807, 2.05) is 35.0 Å². The molecule has 0 radical (unpaired) electrons. The number of methoxy groups -OCH3 is 1. The number of H-pyrrole nitrogens is 1. The Bertz CT molecular complexity index is 1420. The highest BCUT2D eigenvalue weighted by atomic mass is 16.5. The predicted molar refractivity (Wildman–Crippen MR) is 123 cm³/mol. The molecule has 5 aromatic rings. The number of nitrogens with one attached hydrogen (secondary N) is 1. The summed E-state index contributed by atoms with van der Waals surface area (Å²) in [5.41, 5.74) is 15.3. The van der Waals surface area contributed by atoms with Crippen molar-refractivity contribution in [1.82, 2.24) is 24.8 Å². The normalized spacial score (nSPS) is 15.2. The fourth-order valence-corrected chi connectivity index (χ4v) is 4.56. The number of ether oxygens (including phenoxy) is 1. The van der Waals surface area contributed by atoms with E-state index in [9.17, 15) is 0 Å². The van der Waals surface area contributed by atoms with Crippen LogP contribution >= 0.6 is 0 Å². The van der Waals surface area contributed by atoms with E-state index in [2.05, 4.69) is 40.5 Å². The summed E-state index contributed by atoms with van der Waals surface area (Å²) >= 11 is 0. The Balaban J connectivity index is 1.67. The first kappa shape index (κ1) is 18.8. The quantitative estimate of drug-likeness (QED) is 0.447. The zero-order valence-electron chi connectivity index (χ0n) is 17.6. The molecule has 7 nitrogen and oxygen atoms in total. The van der Waals surface area contributed by atoms with Gasteiger partial charge in [-0.15, -0.1) is 5.10 Å². The summed E-state index contributed by atoms with van der Waals surface area (Å²) in [6.45, 7) is 0. The zero-order valence-corrected chi connectivity index (χ0v) is 17.6. The van der Waals surface area contributed by atoms with E-state index >= 15 is 0 Å². The van der Waals surface area contributed by atoms with Crippen LogP contribution < -0.4 is 10.5 Å². The highest BCUT2D eigenvalue weighted by Gasteiger charge is 2.24. The molecule has 0 spiro atoms. The Morgan fingerprint density at radius 3 is 2.72 bits per heavy atom. The van der Waals surface area contributed by atoms with Gasteiger partial charge in [0.2, 0.25) is 5.88 Å². The Kier molecular flexibility index (Phi) is 4.29. The van der Waals surface area contributed by atoms with Crippen molar-refractivity contribution in [2.24, 2.45) is 5.73 Å². The molecule has 0 aliphatic heterocycles.